The van der Waals surface area contributed by atoms with E-state index in [1.54, 1.807) is 36.4 Å². The van der Waals surface area contributed by atoms with Crippen LogP contribution in [0.1, 0.15) is 27.2 Å². The van der Waals surface area contributed by atoms with Gasteiger partial charge < -0.3 is 11.1 Å². The Bertz CT molecular complexity index is 1140. The summed E-state index contributed by atoms with van der Waals surface area (Å²) >= 11 is 0. The van der Waals surface area contributed by atoms with E-state index in [9.17, 15) is 35.9 Å². The lowest BCUT2D eigenvalue weighted by Gasteiger charge is -2.17. The molecule has 2 aromatic carbocycles. The van der Waals surface area contributed by atoms with Gasteiger partial charge >= 0.3 is 12.4 Å². The summed E-state index contributed by atoms with van der Waals surface area (Å²) in [6.45, 7) is 0. The molecule has 0 radical (unpaired) electrons. The van der Waals surface area contributed by atoms with Gasteiger partial charge in [0.05, 0.1) is 16.6 Å². The average Bonchev–Trinajstić information content (AvgIpc) is 2.71. The van der Waals surface area contributed by atoms with Gasteiger partial charge in [-0.15, -0.1) is 0 Å². The highest BCUT2D eigenvalue weighted by atomic mass is 19.4. The zero-order chi connectivity index (χ0) is 23.7. The Morgan fingerprint density at radius 1 is 0.906 bits per heavy atom. The molecule has 0 fully saturated rings. The van der Waals surface area contributed by atoms with Crippen molar-refractivity contribution in [1.82, 2.24) is 10.3 Å². The van der Waals surface area contributed by atoms with E-state index < -0.39 is 46.9 Å². The Balaban J connectivity index is 1.89. The lowest BCUT2D eigenvalue weighted by Crippen LogP contribution is -2.46. The van der Waals surface area contributed by atoms with E-state index in [0.29, 0.717) is 11.2 Å². The Morgan fingerprint density at radius 2 is 1.50 bits per heavy atom. The van der Waals surface area contributed by atoms with Gasteiger partial charge in [-0.1, -0.05) is 24.3 Å². The maximum atomic E-state index is 13.0. The second kappa shape index (κ2) is 8.48. The number of aromatic nitrogens is 1. The predicted molar refractivity (Wildman–Crippen MR) is 102 cm³/mol. The molecule has 0 saturated carbocycles. The summed E-state index contributed by atoms with van der Waals surface area (Å²) in [5.74, 6) is -2.34. The molecule has 0 aliphatic carbocycles. The van der Waals surface area contributed by atoms with Crippen LogP contribution >= 0.6 is 0 Å². The highest BCUT2D eigenvalue weighted by Crippen LogP contribution is 2.36. The summed E-state index contributed by atoms with van der Waals surface area (Å²) in [4.78, 5) is 28.6. The van der Waals surface area contributed by atoms with Crippen molar-refractivity contribution in [1.29, 1.82) is 0 Å². The van der Waals surface area contributed by atoms with Crippen molar-refractivity contribution in [2.24, 2.45) is 5.73 Å². The number of rotatable bonds is 5. The Labute approximate surface area is 177 Å². The number of nitrogens with zero attached hydrogens (tertiary/aromatic N) is 1. The quantitative estimate of drug-likeness (QED) is 0.569. The van der Waals surface area contributed by atoms with Crippen molar-refractivity contribution < 1.29 is 35.9 Å². The largest absolute Gasteiger partial charge is 0.416 e. The SMILES string of the molecule is NC(=O)[C@@H](Cc1ccc2ccccc2n1)NC(=O)c1cc(C(F)(F)F)cc(C(F)(F)F)c1. The molecule has 2 amide bonds. The average molecular weight is 455 g/mol. The number of nitrogens with two attached hydrogens (primary N) is 1. The third-order valence-electron chi connectivity index (χ3n) is 4.57. The number of carbonyl (C=O) groups excluding carboxylic acids is 2. The van der Waals surface area contributed by atoms with Crippen LogP contribution in [0, 0.1) is 0 Å². The van der Waals surface area contributed by atoms with Crippen LogP contribution in [-0.2, 0) is 23.6 Å². The van der Waals surface area contributed by atoms with Gasteiger partial charge in [0.1, 0.15) is 6.04 Å². The van der Waals surface area contributed by atoms with Gasteiger partial charge in [-0.2, -0.15) is 26.3 Å². The number of hydrogen-bond donors (Lipinski definition) is 2. The molecule has 5 nitrogen and oxygen atoms in total. The van der Waals surface area contributed by atoms with E-state index in [1.165, 1.54) is 0 Å². The van der Waals surface area contributed by atoms with Crippen molar-refractivity contribution in [2.45, 2.75) is 24.8 Å². The molecule has 3 N–H and O–H groups in total. The molecule has 0 aliphatic rings. The number of halogens is 6. The van der Waals surface area contributed by atoms with Crippen molar-refractivity contribution in [3.8, 4) is 0 Å². The summed E-state index contributed by atoms with van der Waals surface area (Å²) in [5, 5.41) is 2.90. The topological polar surface area (TPSA) is 85.1 Å². The molecule has 1 aromatic heterocycles. The first-order valence-electron chi connectivity index (χ1n) is 9.09. The molecule has 168 valence electrons. The summed E-state index contributed by atoms with van der Waals surface area (Å²) in [7, 11) is 0. The number of para-hydroxylation sites is 1. The second-order valence-corrected chi connectivity index (χ2v) is 6.92. The first-order chi connectivity index (χ1) is 14.8. The number of amides is 2. The summed E-state index contributed by atoms with van der Waals surface area (Å²) < 4.78 is 78.1. The number of primary amides is 1. The minimum atomic E-state index is -5.12. The molecule has 0 unspecified atom stereocenters. The Morgan fingerprint density at radius 3 is 2.06 bits per heavy atom. The van der Waals surface area contributed by atoms with Crippen LogP contribution in [0.15, 0.2) is 54.6 Å². The van der Waals surface area contributed by atoms with Crippen LogP contribution in [-0.4, -0.2) is 22.8 Å². The van der Waals surface area contributed by atoms with Crippen molar-refractivity contribution >= 4 is 22.7 Å². The minimum absolute atomic E-state index is 0.0959. The molecule has 0 spiro atoms. The van der Waals surface area contributed by atoms with Gasteiger partial charge in [-0.25, -0.2) is 0 Å². The van der Waals surface area contributed by atoms with E-state index in [1.807, 2.05) is 0 Å². The molecule has 0 bridgehead atoms. The van der Waals surface area contributed by atoms with E-state index >= 15 is 0 Å². The van der Waals surface area contributed by atoms with Crippen molar-refractivity contribution in [3.05, 3.63) is 77.0 Å². The van der Waals surface area contributed by atoms with Crippen LogP contribution in [0.4, 0.5) is 26.3 Å². The predicted octanol–water partition coefficient (Wildman–Crippen LogP) is 4.10. The van der Waals surface area contributed by atoms with Crippen LogP contribution < -0.4 is 11.1 Å². The van der Waals surface area contributed by atoms with E-state index in [2.05, 4.69) is 10.3 Å². The van der Waals surface area contributed by atoms with Crippen LogP contribution in [0.5, 0.6) is 0 Å². The Hall–Kier alpha value is -3.63. The molecule has 0 aliphatic heterocycles. The van der Waals surface area contributed by atoms with E-state index in [4.69, 9.17) is 5.73 Å². The summed E-state index contributed by atoms with van der Waals surface area (Å²) in [6, 6.07) is 9.34. The summed E-state index contributed by atoms with van der Waals surface area (Å²) in [6.07, 6.45) is -10.4. The fraction of sp³-hybridized carbons (Fsp3) is 0.190. The lowest BCUT2D eigenvalue weighted by molar-refractivity contribution is -0.143. The number of nitrogens with one attached hydrogen (secondary N) is 1. The van der Waals surface area contributed by atoms with Gasteiger partial charge in [0.15, 0.2) is 0 Å². The number of benzene rings is 2. The van der Waals surface area contributed by atoms with E-state index in [-0.39, 0.29) is 24.6 Å². The number of fused-ring (bicyclic) bond motifs is 1. The molecule has 3 aromatic rings. The second-order valence-electron chi connectivity index (χ2n) is 6.92. The molecular formula is C21H15F6N3O2. The molecule has 3 rings (SSSR count). The minimum Gasteiger partial charge on any atom is -0.368 e. The third-order valence-corrected chi connectivity index (χ3v) is 4.57. The maximum Gasteiger partial charge on any atom is 0.416 e. The zero-order valence-electron chi connectivity index (χ0n) is 16.1. The highest BCUT2D eigenvalue weighted by molar-refractivity contribution is 5.97. The zero-order valence-corrected chi connectivity index (χ0v) is 16.1. The normalized spacial score (nSPS) is 13.1. The van der Waals surface area contributed by atoms with E-state index in [0.717, 1.165) is 5.39 Å². The third kappa shape index (κ3) is 5.34. The first kappa shape index (κ1) is 23.0. The van der Waals surface area contributed by atoms with Crippen LogP contribution in [0.3, 0.4) is 0 Å². The van der Waals surface area contributed by atoms with Gasteiger partial charge in [-0.05, 0) is 30.3 Å². The summed E-state index contributed by atoms with van der Waals surface area (Å²) in [5.41, 5.74) is 2.00. The number of carbonyl (C=O) groups is 2. The molecule has 11 heteroatoms. The standard InChI is InChI=1S/C21H15F6N3O2/c22-20(23,24)13-7-12(8-14(9-13)21(25,26)27)19(32)30-17(18(28)31)10-15-6-5-11-3-1-2-4-16(11)29-15/h1-9,17H,10H2,(H2,28,31)(H,30,32)/t17-/m1/s1. The van der Waals surface area contributed by atoms with Gasteiger partial charge in [0.25, 0.3) is 5.91 Å². The molecule has 32 heavy (non-hydrogen) atoms. The lowest BCUT2D eigenvalue weighted by atomic mass is 10.0. The maximum absolute atomic E-state index is 13.0. The van der Waals surface area contributed by atoms with Crippen molar-refractivity contribution in [2.75, 3.05) is 0 Å². The van der Waals surface area contributed by atoms with Gasteiger partial charge in [-0.3, -0.25) is 14.6 Å². The van der Waals surface area contributed by atoms with Gasteiger partial charge in [0, 0.05) is 23.1 Å². The number of pyridine rings is 1. The fourth-order valence-corrected chi connectivity index (χ4v) is 2.98. The Kier molecular flexibility index (Phi) is 6.11. The molecule has 0 saturated heterocycles. The number of hydrogen-bond acceptors (Lipinski definition) is 3. The smallest absolute Gasteiger partial charge is 0.368 e. The fourth-order valence-electron chi connectivity index (χ4n) is 2.98. The number of alkyl halides is 6. The first-order valence-corrected chi connectivity index (χ1v) is 9.09. The highest BCUT2D eigenvalue weighted by Gasteiger charge is 2.37. The van der Waals surface area contributed by atoms with Crippen molar-refractivity contribution in [3.63, 3.8) is 0 Å². The monoisotopic (exact) mass is 455 g/mol. The van der Waals surface area contributed by atoms with Crippen LogP contribution in [0.25, 0.3) is 10.9 Å². The molecule has 1 atom stereocenters. The molecular weight excluding hydrogens is 440 g/mol. The van der Waals surface area contributed by atoms with Gasteiger partial charge in [0.2, 0.25) is 5.91 Å². The molecule has 1 heterocycles. The van der Waals surface area contributed by atoms with Crippen LogP contribution in [0.2, 0.25) is 0 Å².